The van der Waals surface area contributed by atoms with Crippen LogP contribution < -0.4 is 10.2 Å². The van der Waals surface area contributed by atoms with Gasteiger partial charge in [0.2, 0.25) is 5.91 Å². The van der Waals surface area contributed by atoms with Crippen molar-refractivity contribution in [2.45, 2.75) is 25.7 Å². The summed E-state index contributed by atoms with van der Waals surface area (Å²) in [6.07, 6.45) is 3.02. The van der Waals surface area contributed by atoms with Crippen molar-refractivity contribution in [3.05, 3.63) is 63.7 Å². The van der Waals surface area contributed by atoms with Gasteiger partial charge in [0, 0.05) is 23.7 Å². The molecule has 0 saturated carbocycles. The lowest BCUT2D eigenvalue weighted by molar-refractivity contribution is -0.117. The number of aryl methyl sites for hydroxylation is 1. The summed E-state index contributed by atoms with van der Waals surface area (Å²) in [6, 6.07) is 11.5. The third-order valence-corrected chi connectivity index (χ3v) is 5.09. The lowest BCUT2D eigenvalue weighted by Gasteiger charge is -2.25. The summed E-state index contributed by atoms with van der Waals surface area (Å²) < 4.78 is 0. The fourth-order valence-electron chi connectivity index (χ4n) is 3.73. The van der Waals surface area contributed by atoms with E-state index < -0.39 is 0 Å². The molecular weight excluding hydrogens is 336 g/mol. The van der Waals surface area contributed by atoms with E-state index in [9.17, 15) is 9.59 Å². The number of carbonyl (C=O) groups excluding carboxylic acids is 2. The SMILES string of the molecule is O=C(NCCc1cccc(Cl)c1)c1cc2c3c(c1)CC(=O)N3CCC2. The highest BCUT2D eigenvalue weighted by Crippen LogP contribution is 2.37. The Labute approximate surface area is 151 Å². The third kappa shape index (κ3) is 3.14. The molecule has 0 atom stereocenters. The summed E-state index contributed by atoms with van der Waals surface area (Å²) in [5.74, 6) is 0.0621. The molecule has 25 heavy (non-hydrogen) atoms. The molecule has 5 heteroatoms. The van der Waals surface area contributed by atoms with Crippen LogP contribution in [-0.2, 0) is 24.1 Å². The zero-order chi connectivity index (χ0) is 17.4. The monoisotopic (exact) mass is 354 g/mol. The number of anilines is 1. The molecular formula is C20H19ClN2O2. The molecule has 2 aliphatic rings. The molecule has 0 saturated heterocycles. The first-order valence-corrected chi connectivity index (χ1v) is 8.98. The Hall–Kier alpha value is -2.33. The summed E-state index contributed by atoms with van der Waals surface area (Å²) in [7, 11) is 0. The highest BCUT2D eigenvalue weighted by molar-refractivity contribution is 6.30. The van der Waals surface area contributed by atoms with Crippen molar-refractivity contribution < 1.29 is 9.59 Å². The fraction of sp³-hybridized carbons (Fsp3) is 0.300. The van der Waals surface area contributed by atoms with Crippen LogP contribution in [0.15, 0.2) is 36.4 Å². The van der Waals surface area contributed by atoms with E-state index in [2.05, 4.69) is 5.32 Å². The van der Waals surface area contributed by atoms with Gasteiger partial charge in [-0.2, -0.15) is 0 Å². The molecule has 0 aliphatic carbocycles. The van der Waals surface area contributed by atoms with E-state index in [0.717, 1.165) is 48.2 Å². The van der Waals surface area contributed by atoms with Crippen molar-refractivity contribution in [1.29, 1.82) is 0 Å². The van der Waals surface area contributed by atoms with Gasteiger partial charge in [0.25, 0.3) is 5.91 Å². The Morgan fingerprint density at radius 2 is 2.04 bits per heavy atom. The van der Waals surface area contributed by atoms with Crippen molar-refractivity contribution in [3.8, 4) is 0 Å². The lowest BCUT2D eigenvalue weighted by atomic mass is 9.96. The topological polar surface area (TPSA) is 49.4 Å². The van der Waals surface area contributed by atoms with Gasteiger partial charge in [-0.3, -0.25) is 9.59 Å². The fourth-order valence-corrected chi connectivity index (χ4v) is 3.94. The number of rotatable bonds is 4. The molecule has 0 spiro atoms. The van der Waals surface area contributed by atoms with Gasteiger partial charge in [-0.05, 0) is 60.2 Å². The number of nitrogens with one attached hydrogen (secondary N) is 1. The lowest BCUT2D eigenvalue weighted by Crippen LogP contribution is -2.31. The summed E-state index contributed by atoms with van der Waals surface area (Å²) in [5, 5.41) is 3.67. The molecule has 0 radical (unpaired) electrons. The number of halogens is 1. The molecule has 0 bridgehead atoms. The normalized spacial score (nSPS) is 15.2. The van der Waals surface area contributed by atoms with Crippen molar-refractivity contribution in [1.82, 2.24) is 5.32 Å². The van der Waals surface area contributed by atoms with Gasteiger partial charge in [0.1, 0.15) is 0 Å². The summed E-state index contributed by atoms with van der Waals surface area (Å²) in [5.41, 5.74) is 4.90. The summed E-state index contributed by atoms with van der Waals surface area (Å²) in [4.78, 5) is 26.5. The Bertz CT molecular complexity index is 863. The van der Waals surface area contributed by atoms with Gasteiger partial charge in [0.05, 0.1) is 12.1 Å². The Kier molecular flexibility index (Phi) is 4.22. The second kappa shape index (κ2) is 6.52. The van der Waals surface area contributed by atoms with Gasteiger partial charge in [0.15, 0.2) is 0 Å². The van der Waals surface area contributed by atoms with Crippen LogP contribution in [0.1, 0.15) is 33.5 Å². The predicted molar refractivity (Wildman–Crippen MR) is 98.3 cm³/mol. The standard InChI is InChI=1S/C20H19ClN2O2/c21-17-5-1-3-13(9-17)6-7-22-20(25)16-10-14-4-2-8-23-18(24)12-15(11-16)19(14)23/h1,3,5,9-11H,2,4,6-8,12H2,(H,22,25). The van der Waals surface area contributed by atoms with E-state index in [1.807, 2.05) is 41.3 Å². The number of carbonyl (C=O) groups is 2. The third-order valence-electron chi connectivity index (χ3n) is 4.86. The molecule has 4 nitrogen and oxygen atoms in total. The largest absolute Gasteiger partial charge is 0.352 e. The molecule has 128 valence electrons. The molecule has 0 aromatic heterocycles. The quantitative estimate of drug-likeness (QED) is 0.917. The average Bonchev–Trinajstić information content (AvgIpc) is 2.92. The van der Waals surface area contributed by atoms with Crippen LogP contribution in [0.3, 0.4) is 0 Å². The van der Waals surface area contributed by atoms with Crippen molar-refractivity contribution in [2.75, 3.05) is 18.0 Å². The van der Waals surface area contributed by atoms with E-state index in [1.54, 1.807) is 0 Å². The van der Waals surface area contributed by atoms with E-state index in [-0.39, 0.29) is 11.8 Å². The van der Waals surface area contributed by atoms with Gasteiger partial charge in [-0.15, -0.1) is 0 Å². The molecule has 2 heterocycles. The zero-order valence-electron chi connectivity index (χ0n) is 13.8. The smallest absolute Gasteiger partial charge is 0.251 e. The number of benzene rings is 2. The van der Waals surface area contributed by atoms with Crippen LogP contribution in [-0.4, -0.2) is 24.9 Å². The van der Waals surface area contributed by atoms with Gasteiger partial charge in [-0.1, -0.05) is 23.7 Å². The highest BCUT2D eigenvalue weighted by atomic mass is 35.5. The number of nitrogens with zero attached hydrogens (tertiary/aromatic N) is 1. The molecule has 2 aromatic rings. The summed E-state index contributed by atoms with van der Waals surface area (Å²) >= 11 is 5.98. The second-order valence-electron chi connectivity index (χ2n) is 6.60. The average molecular weight is 355 g/mol. The Balaban J connectivity index is 1.46. The highest BCUT2D eigenvalue weighted by Gasteiger charge is 2.32. The molecule has 2 aliphatic heterocycles. The minimum Gasteiger partial charge on any atom is -0.352 e. The molecule has 2 aromatic carbocycles. The first kappa shape index (κ1) is 16.2. The van der Waals surface area contributed by atoms with Crippen LogP contribution in [0.5, 0.6) is 0 Å². The van der Waals surface area contributed by atoms with Crippen molar-refractivity contribution in [3.63, 3.8) is 0 Å². The van der Waals surface area contributed by atoms with Crippen LogP contribution in [0.4, 0.5) is 5.69 Å². The molecule has 0 fully saturated rings. The zero-order valence-corrected chi connectivity index (χ0v) is 14.6. The molecule has 0 unspecified atom stereocenters. The van der Waals surface area contributed by atoms with Gasteiger partial charge in [-0.25, -0.2) is 0 Å². The van der Waals surface area contributed by atoms with Crippen molar-refractivity contribution in [2.24, 2.45) is 0 Å². The van der Waals surface area contributed by atoms with E-state index in [4.69, 9.17) is 11.6 Å². The van der Waals surface area contributed by atoms with E-state index >= 15 is 0 Å². The van der Waals surface area contributed by atoms with Crippen LogP contribution in [0.2, 0.25) is 5.02 Å². The molecule has 2 amide bonds. The number of hydrogen-bond donors (Lipinski definition) is 1. The first-order chi connectivity index (χ1) is 12.1. The van der Waals surface area contributed by atoms with Crippen LogP contribution in [0.25, 0.3) is 0 Å². The van der Waals surface area contributed by atoms with Crippen molar-refractivity contribution >= 4 is 29.1 Å². The predicted octanol–water partition coefficient (Wildman–Crippen LogP) is 3.15. The first-order valence-electron chi connectivity index (χ1n) is 8.60. The van der Waals surface area contributed by atoms with Gasteiger partial charge >= 0.3 is 0 Å². The maximum Gasteiger partial charge on any atom is 0.251 e. The minimum atomic E-state index is -0.0856. The van der Waals surface area contributed by atoms with E-state index in [0.29, 0.717) is 23.6 Å². The van der Waals surface area contributed by atoms with Crippen LogP contribution >= 0.6 is 11.6 Å². The van der Waals surface area contributed by atoms with E-state index in [1.165, 1.54) is 0 Å². The van der Waals surface area contributed by atoms with Crippen LogP contribution in [0, 0.1) is 0 Å². The molecule has 4 rings (SSSR count). The Morgan fingerprint density at radius 3 is 2.88 bits per heavy atom. The minimum absolute atomic E-state index is 0.0856. The second-order valence-corrected chi connectivity index (χ2v) is 7.04. The number of hydrogen-bond acceptors (Lipinski definition) is 2. The Morgan fingerprint density at radius 1 is 1.20 bits per heavy atom. The maximum atomic E-state index is 12.5. The summed E-state index contributed by atoms with van der Waals surface area (Å²) in [6.45, 7) is 1.35. The van der Waals surface area contributed by atoms with Gasteiger partial charge < -0.3 is 10.2 Å². The molecule has 1 N–H and O–H groups in total. The number of amides is 2. The maximum absolute atomic E-state index is 12.5.